The molecule has 3 rings (SSSR count). The smallest absolute Gasteiger partial charge is 0.119 e. The minimum atomic E-state index is -0.124. The molecule has 2 unspecified atom stereocenters. The van der Waals surface area contributed by atoms with Gasteiger partial charge in [-0.2, -0.15) is 0 Å². The molecule has 2 atom stereocenters. The standard InChI is InChI=1S/C16H21NO2/c1-17-10-12(8-11-4-3-5-16(11)18)14-9-13(19-2)6-7-15(14)17/h6-7,9-11,16,18H,3-5,8H2,1-2H3. The van der Waals surface area contributed by atoms with Gasteiger partial charge < -0.3 is 14.4 Å². The Labute approximate surface area is 113 Å². The van der Waals surface area contributed by atoms with Gasteiger partial charge >= 0.3 is 0 Å². The van der Waals surface area contributed by atoms with Gasteiger partial charge in [0.1, 0.15) is 5.75 Å². The molecular formula is C16H21NO2. The summed E-state index contributed by atoms with van der Waals surface area (Å²) in [6.45, 7) is 0. The van der Waals surface area contributed by atoms with Crippen LogP contribution in [0.15, 0.2) is 24.4 Å². The first-order chi connectivity index (χ1) is 9.19. The summed E-state index contributed by atoms with van der Waals surface area (Å²) in [6.07, 6.45) is 6.28. The Kier molecular flexibility index (Phi) is 3.23. The molecule has 1 N–H and O–H groups in total. The molecule has 0 bridgehead atoms. The number of rotatable bonds is 3. The number of hydrogen-bond acceptors (Lipinski definition) is 2. The van der Waals surface area contributed by atoms with Crippen molar-refractivity contribution in [2.75, 3.05) is 7.11 Å². The van der Waals surface area contributed by atoms with E-state index in [1.165, 1.54) is 16.5 Å². The van der Waals surface area contributed by atoms with Crippen LogP contribution in [0.5, 0.6) is 5.75 Å². The third-order valence-electron chi connectivity index (χ3n) is 4.38. The van der Waals surface area contributed by atoms with Crippen LogP contribution < -0.4 is 4.74 Å². The fourth-order valence-corrected chi connectivity index (χ4v) is 3.28. The number of methoxy groups -OCH3 is 1. The van der Waals surface area contributed by atoms with Crippen LogP contribution in [0.4, 0.5) is 0 Å². The average Bonchev–Trinajstić information content (AvgIpc) is 2.95. The van der Waals surface area contributed by atoms with Crippen LogP contribution in [0, 0.1) is 5.92 Å². The lowest BCUT2D eigenvalue weighted by Gasteiger charge is -2.13. The van der Waals surface area contributed by atoms with Crippen LogP contribution in [0.1, 0.15) is 24.8 Å². The van der Waals surface area contributed by atoms with E-state index in [1.807, 2.05) is 6.07 Å². The number of ether oxygens (including phenoxy) is 1. The van der Waals surface area contributed by atoms with Crippen LogP contribution in [-0.2, 0) is 13.5 Å². The molecule has 1 aliphatic carbocycles. The molecule has 0 radical (unpaired) electrons. The third kappa shape index (κ3) is 2.23. The van der Waals surface area contributed by atoms with Crippen LogP contribution in [0.3, 0.4) is 0 Å². The first kappa shape index (κ1) is 12.5. The lowest BCUT2D eigenvalue weighted by Crippen LogP contribution is -2.15. The summed E-state index contributed by atoms with van der Waals surface area (Å²) in [5.41, 5.74) is 2.55. The minimum absolute atomic E-state index is 0.124. The fourth-order valence-electron chi connectivity index (χ4n) is 3.28. The summed E-state index contributed by atoms with van der Waals surface area (Å²) in [4.78, 5) is 0. The van der Waals surface area contributed by atoms with E-state index in [4.69, 9.17) is 4.74 Å². The Balaban J connectivity index is 1.98. The Morgan fingerprint density at radius 2 is 2.21 bits per heavy atom. The summed E-state index contributed by atoms with van der Waals surface area (Å²) in [5, 5.41) is 11.2. The monoisotopic (exact) mass is 259 g/mol. The molecule has 1 saturated carbocycles. The number of fused-ring (bicyclic) bond motifs is 1. The summed E-state index contributed by atoms with van der Waals surface area (Å²) < 4.78 is 7.48. The molecule has 1 aromatic carbocycles. The van der Waals surface area contributed by atoms with E-state index < -0.39 is 0 Å². The van der Waals surface area contributed by atoms with Crippen molar-refractivity contribution in [2.24, 2.45) is 13.0 Å². The average molecular weight is 259 g/mol. The molecule has 1 aromatic heterocycles. The van der Waals surface area contributed by atoms with Crippen molar-refractivity contribution in [1.82, 2.24) is 4.57 Å². The van der Waals surface area contributed by atoms with E-state index in [2.05, 4.69) is 29.9 Å². The number of aliphatic hydroxyl groups excluding tert-OH is 1. The van der Waals surface area contributed by atoms with Gasteiger partial charge in [0.2, 0.25) is 0 Å². The van der Waals surface area contributed by atoms with Crippen molar-refractivity contribution >= 4 is 10.9 Å². The highest BCUT2D eigenvalue weighted by atomic mass is 16.5. The number of nitrogens with zero attached hydrogens (tertiary/aromatic N) is 1. The Bertz CT molecular complexity index is 588. The van der Waals surface area contributed by atoms with Gasteiger partial charge in [-0.15, -0.1) is 0 Å². The quantitative estimate of drug-likeness (QED) is 0.919. The van der Waals surface area contributed by atoms with Crippen LogP contribution in [0.2, 0.25) is 0 Å². The highest BCUT2D eigenvalue weighted by Crippen LogP contribution is 2.32. The van der Waals surface area contributed by atoms with Gasteiger partial charge in [-0.1, -0.05) is 6.42 Å². The Hall–Kier alpha value is -1.48. The normalized spacial score (nSPS) is 23.1. The van der Waals surface area contributed by atoms with Gasteiger partial charge in [0.05, 0.1) is 13.2 Å². The molecule has 3 nitrogen and oxygen atoms in total. The van der Waals surface area contributed by atoms with E-state index in [9.17, 15) is 5.11 Å². The predicted molar refractivity (Wildman–Crippen MR) is 76.5 cm³/mol. The van der Waals surface area contributed by atoms with Gasteiger partial charge in [0.15, 0.2) is 0 Å². The van der Waals surface area contributed by atoms with E-state index >= 15 is 0 Å². The highest BCUT2D eigenvalue weighted by molar-refractivity contribution is 5.85. The van der Waals surface area contributed by atoms with Gasteiger partial charge in [-0.25, -0.2) is 0 Å². The Morgan fingerprint density at radius 1 is 1.37 bits per heavy atom. The molecule has 0 aliphatic heterocycles. The summed E-state index contributed by atoms with van der Waals surface area (Å²) >= 11 is 0. The fraction of sp³-hybridized carbons (Fsp3) is 0.500. The molecule has 3 heteroatoms. The molecule has 2 aromatic rings. The topological polar surface area (TPSA) is 34.4 Å². The maximum Gasteiger partial charge on any atom is 0.119 e. The molecule has 1 fully saturated rings. The molecule has 1 aliphatic rings. The van der Waals surface area contributed by atoms with Crippen LogP contribution in [-0.4, -0.2) is 22.9 Å². The second kappa shape index (κ2) is 4.89. The highest BCUT2D eigenvalue weighted by Gasteiger charge is 2.26. The second-order valence-electron chi connectivity index (χ2n) is 5.61. The van der Waals surface area contributed by atoms with E-state index in [0.29, 0.717) is 5.92 Å². The number of benzene rings is 1. The first-order valence-corrected chi connectivity index (χ1v) is 6.99. The van der Waals surface area contributed by atoms with Crippen molar-refractivity contribution in [3.05, 3.63) is 30.0 Å². The van der Waals surface area contributed by atoms with Crippen molar-refractivity contribution < 1.29 is 9.84 Å². The first-order valence-electron chi connectivity index (χ1n) is 6.99. The van der Waals surface area contributed by atoms with E-state index in [0.717, 1.165) is 31.4 Å². The zero-order valence-corrected chi connectivity index (χ0v) is 11.6. The SMILES string of the molecule is COc1ccc2c(c1)c(CC1CCCC1O)cn2C. The molecule has 19 heavy (non-hydrogen) atoms. The number of hydrogen-bond donors (Lipinski definition) is 1. The maximum absolute atomic E-state index is 10.00. The van der Waals surface area contributed by atoms with Crippen molar-refractivity contribution in [1.29, 1.82) is 0 Å². The van der Waals surface area contributed by atoms with Gasteiger partial charge in [-0.3, -0.25) is 0 Å². The number of aromatic nitrogens is 1. The minimum Gasteiger partial charge on any atom is -0.497 e. The molecule has 0 spiro atoms. The van der Waals surface area contributed by atoms with Gasteiger partial charge in [-0.05, 0) is 48.9 Å². The summed E-state index contributed by atoms with van der Waals surface area (Å²) in [7, 11) is 3.77. The van der Waals surface area contributed by atoms with Crippen molar-refractivity contribution in [2.45, 2.75) is 31.8 Å². The number of aliphatic hydroxyl groups is 1. The van der Waals surface area contributed by atoms with Crippen LogP contribution >= 0.6 is 0 Å². The summed E-state index contributed by atoms with van der Waals surface area (Å²) in [5.74, 6) is 1.31. The molecular weight excluding hydrogens is 238 g/mol. The van der Waals surface area contributed by atoms with Crippen LogP contribution in [0.25, 0.3) is 10.9 Å². The molecule has 102 valence electrons. The zero-order valence-electron chi connectivity index (χ0n) is 11.6. The largest absolute Gasteiger partial charge is 0.497 e. The number of aryl methyl sites for hydroxylation is 1. The molecule has 0 amide bonds. The predicted octanol–water partition coefficient (Wildman–Crippen LogP) is 2.89. The lowest BCUT2D eigenvalue weighted by molar-refractivity contribution is 0.133. The molecule has 0 saturated heterocycles. The Morgan fingerprint density at radius 3 is 2.89 bits per heavy atom. The lowest BCUT2D eigenvalue weighted by atomic mass is 9.96. The van der Waals surface area contributed by atoms with E-state index in [1.54, 1.807) is 7.11 Å². The van der Waals surface area contributed by atoms with Crippen molar-refractivity contribution in [3.63, 3.8) is 0 Å². The van der Waals surface area contributed by atoms with E-state index in [-0.39, 0.29) is 6.10 Å². The van der Waals surface area contributed by atoms with Gasteiger partial charge in [0.25, 0.3) is 0 Å². The third-order valence-corrected chi connectivity index (χ3v) is 4.38. The molecule has 1 heterocycles. The second-order valence-corrected chi connectivity index (χ2v) is 5.61. The zero-order chi connectivity index (χ0) is 13.4. The van der Waals surface area contributed by atoms with Gasteiger partial charge in [0, 0.05) is 24.1 Å². The van der Waals surface area contributed by atoms with Crippen molar-refractivity contribution in [3.8, 4) is 5.75 Å². The maximum atomic E-state index is 10.00. The summed E-state index contributed by atoms with van der Waals surface area (Å²) in [6, 6.07) is 6.20.